The van der Waals surface area contributed by atoms with Crippen LogP contribution in [-0.2, 0) is 11.2 Å². The predicted molar refractivity (Wildman–Crippen MR) is 118 cm³/mol. The van der Waals surface area contributed by atoms with Crippen LogP contribution in [0.5, 0.6) is 0 Å². The third-order valence-corrected chi connectivity index (χ3v) is 5.46. The molecule has 2 aromatic carbocycles. The molecule has 0 aliphatic heterocycles. The fourth-order valence-corrected chi connectivity index (χ4v) is 3.59. The molecule has 2 aromatic heterocycles. The van der Waals surface area contributed by atoms with E-state index in [1.54, 1.807) is 12.5 Å². The van der Waals surface area contributed by atoms with Gasteiger partial charge in [0.2, 0.25) is 5.91 Å². The van der Waals surface area contributed by atoms with Crippen molar-refractivity contribution in [2.75, 3.05) is 12.3 Å². The Kier molecular flexibility index (Phi) is 6.51. The van der Waals surface area contributed by atoms with Crippen molar-refractivity contribution in [2.24, 2.45) is 0 Å². The quantitative estimate of drug-likeness (QED) is 0.444. The molecule has 0 fully saturated rings. The smallest absolute Gasteiger partial charge is 0.230 e. The molecule has 0 saturated carbocycles. The highest BCUT2D eigenvalue weighted by atomic mass is 32.2. The summed E-state index contributed by atoms with van der Waals surface area (Å²) >= 11 is 1.38. The number of amides is 1. The van der Waals surface area contributed by atoms with Crippen LogP contribution in [0.3, 0.4) is 0 Å². The van der Waals surface area contributed by atoms with E-state index in [1.807, 2.05) is 65.4 Å². The van der Waals surface area contributed by atoms with Gasteiger partial charge in [0, 0.05) is 30.2 Å². The van der Waals surface area contributed by atoms with E-state index in [4.69, 9.17) is 0 Å². The number of hydrogen-bond donors (Lipinski definition) is 1. The maximum absolute atomic E-state index is 12.0. The van der Waals surface area contributed by atoms with Crippen molar-refractivity contribution in [1.29, 1.82) is 0 Å². The van der Waals surface area contributed by atoms with Crippen molar-refractivity contribution in [3.05, 3.63) is 91.0 Å². The van der Waals surface area contributed by atoms with Gasteiger partial charge in [-0.2, -0.15) is 0 Å². The Balaban J connectivity index is 1.26. The first-order chi connectivity index (χ1) is 14.8. The van der Waals surface area contributed by atoms with Crippen molar-refractivity contribution in [3.8, 4) is 16.9 Å². The van der Waals surface area contributed by atoms with E-state index in [-0.39, 0.29) is 5.91 Å². The first kappa shape index (κ1) is 19.8. The lowest BCUT2D eigenvalue weighted by molar-refractivity contribution is -0.118. The summed E-state index contributed by atoms with van der Waals surface area (Å²) in [4.78, 5) is 16.1. The molecule has 0 aliphatic rings. The van der Waals surface area contributed by atoms with E-state index in [2.05, 4.69) is 32.6 Å². The van der Waals surface area contributed by atoms with Crippen LogP contribution in [0.2, 0.25) is 0 Å². The Hall–Kier alpha value is -3.45. The van der Waals surface area contributed by atoms with E-state index in [1.165, 1.54) is 17.3 Å². The van der Waals surface area contributed by atoms with Crippen molar-refractivity contribution in [3.63, 3.8) is 0 Å². The van der Waals surface area contributed by atoms with Gasteiger partial charge in [-0.15, -0.1) is 10.2 Å². The van der Waals surface area contributed by atoms with Crippen LogP contribution in [0, 0.1) is 0 Å². The molecule has 30 heavy (non-hydrogen) atoms. The summed E-state index contributed by atoms with van der Waals surface area (Å²) < 4.78 is 1.94. The van der Waals surface area contributed by atoms with Crippen LogP contribution in [-0.4, -0.2) is 38.0 Å². The normalized spacial score (nSPS) is 10.7. The number of hydrogen-bond acceptors (Lipinski definition) is 5. The van der Waals surface area contributed by atoms with Crippen molar-refractivity contribution in [1.82, 2.24) is 25.1 Å². The zero-order chi connectivity index (χ0) is 20.6. The average Bonchev–Trinajstić information content (AvgIpc) is 3.34. The third-order valence-electron chi connectivity index (χ3n) is 4.54. The van der Waals surface area contributed by atoms with Gasteiger partial charge in [-0.1, -0.05) is 54.2 Å². The largest absolute Gasteiger partial charge is 0.355 e. The molecule has 1 amide bonds. The lowest BCUT2D eigenvalue weighted by Crippen LogP contribution is -2.27. The second kappa shape index (κ2) is 9.84. The Labute approximate surface area is 179 Å². The van der Waals surface area contributed by atoms with Crippen LogP contribution in [0.15, 0.2) is 90.5 Å². The molecule has 0 spiro atoms. The highest BCUT2D eigenvalue weighted by Gasteiger charge is 2.06. The Morgan fingerprint density at radius 1 is 0.967 bits per heavy atom. The molecule has 1 N–H and O–H groups in total. The minimum absolute atomic E-state index is 0.00287. The molecule has 4 rings (SSSR count). The molecule has 0 atom stereocenters. The lowest BCUT2D eigenvalue weighted by atomic mass is 10.1. The molecule has 0 radical (unpaired) electrons. The Morgan fingerprint density at radius 2 is 1.80 bits per heavy atom. The van der Waals surface area contributed by atoms with Crippen LogP contribution in [0.25, 0.3) is 16.9 Å². The van der Waals surface area contributed by atoms with Gasteiger partial charge in [0.25, 0.3) is 0 Å². The van der Waals surface area contributed by atoms with Crippen LogP contribution in [0.4, 0.5) is 0 Å². The number of nitrogens with zero attached hydrogens (tertiary/aromatic N) is 4. The minimum Gasteiger partial charge on any atom is -0.355 e. The molecular weight excluding hydrogens is 394 g/mol. The first-order valence-electron chi connectivity index (χ1n) is 9.64. The molecule has 6 nitrogen and oxygen atoms in total. The highest BCUT2D eigenvalue weighted by molar-refractivity contribution is 7.99. The van der Waals surface area contributed by atoms with Crippen molar-refractivity contribution < 1.29 is 4.79 Å². The van der Waals surface area contributed by atoms with Gasteiger partial charge in [-0.25, -0.2) is 4.98 Å². The predicted octanol–water partition coefficient (Wildman–Crippen LogP) is 3.78. The minimum atomic E-state index is -0.00287. The third kappa shape index (κ3) is 5.33. The zero-order valence-corrected chi connectivity index (χ0v) is 17.1. The van der Waals surface area contributed by atoms with Gasteiger partial charge in [0.15, 0.2) is 0 Å². The van der Waals surface area contributed by atoms with Gasteiger partial charge in [0.1, 0.15) is 5.03 Å². The molecule has 0 unspecified atom stereocenters. The second-order valence-electron chi connectivity index (χ2n) is 6.65. The number of nitrogens with one attached hydrogen (secondary N) is 1. The fraction of sp³-hybridized carbons (Fsp3) is 0.130. The molecule has 0 bridgehead atoms. The van der Waals surface area contributed by atoms with Gasteiger partial charge in [-0.05, 0) is 36.2 Å². The first-order valence-corrected chi connectivity index (χ1v) is 10.6. The molecule has 4 aromatic rings. The van der Waals surface area contributed by atoms with Gasteiger partial charge < -0.3 is 9.88 Å². The van der Waals surface area contributed by atoms with E-state index < -0.39 is 0 Å². The zero-order valence-electron chi connectivity index (χ0n) is 16.3. The van der Waals surface area contributed by atoms with Gasteiger partial charge >= 0.3 is 0 Å². The van der Waals surface area contributed by atoms with Crippen molar-refractivity contribution in [2.45, 2.75) is 11.4 Å². The number of thioether (sulfide) groups is 1. The summed E-state index contributed by atoms with van der Waals surface area (Å²) in [7, 11) is 0. The monoisotopic (exact) mass is 415 g/mol. The molecule has 2 heterocycles. The van der Waals surface area contributed by atoms with E-state index in [0.29, 0.717) is 12.3 Å². The molecule has 0 aliphatic carbocycles. The molecule has 150 valence electrons. The van der Waals surface area contributed by atoms with E-state index >= 15 is 0 Å². The molecular formula is C23H21N5OS. The van der Waals surface area contributed by atoms with Gasteiger partial charge in [0.05, 0.1) is 17.8 Å². The van der Waals surface area contributed by atoms with E-state index in [0.717, 1.165) is 28.4 Å². The average molecular weight is 416 g/mol. The second-order valence-corrected chi connectivity index (χ2v) is 7.64. The number of rotatable bonds is 8. The van der Waals surface area contributed by atoms with E-state index in [9.17, 15) is 4.79 Å². The molecule has 0 saturated heterocycles. The van der Waals surface area contributed by atoms with Crippen LogP contribution < -0.4 is 5.32 Å². The Morgan fingerprint density at radius 3 is 2.50 bits per heavy atom. The topological polar surface area (TPSA) is 72.7 Å². The Bertz CT molecular complexity index is 1070. The summed E-state index contributed by atoms with van der Waals surface area (Å²) in [6, 6.07) is 22.0. The summed E-state index contributed by atoms with van der Waals surface area (Å²) in [5, 5.41) is 12.2. The fourth-order valence-electron chi connectivity index (χ4n) is 2.95. The highest BCUT2D eigenvalue weighted by Crippen LogP contribution is 2.21. The number of aromatic nitrogens is 4. The summed E-state index contributed by atoms with van der Waals surface area (Å²) in [6.45, 7) is 0.628. The number of imidazole rings is 1. The maximum atomic E-state index is 12.0. The molecule has 7 heteroatoms. The van der Waals surface area contributed by atoms with Gasteiger partial charge in [-0.3, -0.25) is 4.79 Å². The van der Waals surface area contributed by atoms with Crippen LogP contribution in [0.1, 0.15) is 5.56 Å². The summed E-state index contributed by atoms with van der Waals surface area (Å²) in [5.74, 6) is 0.319. The number of benzene rings is 2. The standard InChI is InChI=1S/C23H21N5OS/c29-22(25-13-12-18-4-2-1-3-5-18)16-30-23-11-10-21(26-27-23)19-6-8-20(9-7-19)28-15-14-24-17-28/h1-11,14-15,17H,12-13,16H2,(H,25,29). The summed E-state index contributed by atoms with van der Waals surface area (Å²) in [6.07, 6.45) is 6.24. The number of carbonyl (C=O) groups excluding carboxylic acids is 1. The SMILES string of the molecule is O=C(CSc1ccc(-c2ccc(-n3ccnc3)cc2)nn1)NCCc1ccccc1. The number of carbonyl (C=O) groups is 1. The van der Waals surface area contributed by atoms with Crippen molar-refractivity contribution >= 4 is 17.7 Å². The van der Waals surface area contributed by atoms with Crippen LogP contribution >= 0.6 is 11.8 Å². The lowest BCUT2D eigenvalue weighted by Gasteiger charge is -2.06. The summed E-state index contributed by atoms with van der Waals surface area (Å²) in [5.41, 5.74) is 4.03. The maximum Gasteiger partial charge on any atom is 0.230 e.